The number of carbonyl (C=O) groups is 3. The maximum Gasteiger partial charge on any atom is 0.334 e. The maximum atomic E-state index is 12.5. The van der Waals surface area contributed by atoms with Crippen molar-refractivity contribution < 1.29 is 19.1 Å². The van der Waals surface area contributed by atoms with Gasteiger partial charge in [0.2, 0.25) is 5.91 Å². The molecule has 1 unspecified atom stereocenters. The second kappa shape index (κ2) is 9.17. The van der Waals surface area contributed by atoms with E-state index < -0.39 is 12.0 Å². The fraction of sp³-hybridized carbons (Fsp3) is 0.318. The van der Waals surface area contributed by atoms with Gasteiger partial charge in [-0.1, -0.05) is 25.1 Å². The molecule has 0 aliphatic carbocycles. The number of nitrogens with one attached hydrogen (secondary N) is 1. The molecule has 1 N–H and O–H groups in total. The Morgan fingerprint density at radius 2 is 1.79 bits per heavy atom. The van der Waals surface area contributed by atoms with E-state index in [2.05, 4.69) is 5.32 Å². The van der Waals surface area contributed by atoms with Crippen LogP contribution in [0.5, 0.6) is 5.75 Å². The molecule has 1 atom stereocenters. The highest BCUT2D eigenvalue weighted by atomic mass is 16.5. The second-order valence-corrected chi connectivity index (χ2v) is 6.76. The van der Waals surface area contributed by atoms with Gasteiger partial charge in [0.25, 0.3) is 5.91 Å². The number of hydrogen-bond acceptors (Lipinski definition) is 4. The summed E-state index contributed by atoms with van der Waals surface area (Å²) in [6, 6.07) is 15.0. The zero-order valence-electron chi connectivity index (χ0n) is 15.9. The quantitative estimate of drug-likeness (QED) is 0.613. The third-order valence-corrected chi connectivity index (χ3v) is 4.68. The number of rotatable bonds is 6. The highest BCUT2D eigenvalue weighted by Crippen LogP contribution is 2.22. The van der Waals surface area contributed by atoms with E-state index in [9.17, 15) is 14.4 Å². The largest absolute Gasteiger partial charge is 0.425 e. The van der Waals surface area contributed by atoms with Gasteiger partial charge < -0.3 is 15.0 Å². The van der Waals surface area contributed by atoms with Gasteiger partial charge in [-0.25, -0.2) is 4.79 Å². The molecule has 1 aliphatic heterocycles. The molecule has 0 saturated carbocycles. The van der Waals surface area contributed by atoms with Gasteiger partial charge >= 0.3 is 5.97 Å². The van der Waals surface area contributed by atoms with E-state index in [4.69, 9.17) is 4.74 Å². The molecule has 0 aromatic heterocycles. The zero-order valence-corrected chi connectivity index (χ0v) is 15.9. The second-order valence-electron chi connectivity index (χ2n) is 6.76. The molecule has 0 spiro atoms. The summed E-state index contributed by atoms with van der Waals surface area (Å²) in [4.78, 5) is 38.4. The summed E-state index contributed by atoms with van der Waals surface area (Å²) in [6.07, 6.45) is 2.63. The van der Waals surface area contributed by atoms with Crippen LogP contribution in [0.1, 0.15) is 43.0 Å². The van der Waals surface area contributed by atoms with Crippen molar-refractivity contribution in [3.05, 3.63) is 60.2 Å². The lowest BCUT2D eigenvalue weighted by Crippen LogP contribution is -2.42. The molecule has 0 radical (unpaired) electrons. The summed E-state index contributed by atoms with van der Waals surface area (Å²) >= 11 is 0. The van der Waals surface area contributed by atoms with Crippen molar-refractivity contribution in [3.8, 4) is 5.75 Å². The third kappa shape index (κ3) is 4.76. The van der Waals surface area contributed by atoms with Crippen LogP contribution in [0.4, 0.5) is 5.69 Å². The molecule has 1 fully saturated rings. The van der Waals surface area contributed by atoms with Gasteiger partial charge in [0.05, 0.1) is 0 Å². The standard InChI is InChI=1S/C22H24N2O4/c1-2-7-20(25)24-15-6-10-19(24)22(27)28-18-13-11-17(12-14-18)23-21(26)16-8-4-3-5-9-16/h3-5,8-9,11-14,19H,2,6-7,10,15H2,1H3,(H,23,26). The number of esters is 1. The Bertz CT molecular complexity index is 833. The molecule has 1 saturated heterocycles. The number of benzene rings is 2. The summed E-state index contributed by atoms with van der Waals surface area (Å²) in [7, 11) is 0. The molecule has 146 valence electrons. The molecule has 2 aromatic carbocycles. The van der Waals surface area contributed by atoms with Crippen molar-refractivity contribution in [2.75, 3.05) is 11.9 Å². The van der Waals surface area contributed by atoms with E-state index >= 15 is 0 Å². The summed E-state index contributed by atoms with van der Waals surface area (Å²) in [5.41, 5.74) is 1.17. The number of hydrogen-bond donors (Lipinski definition) is 1. The van der Waals surface area contributed by atoms with Crippen LogP contribution >= 0.6 is 0 Å². The van der Waals surface area contributed by atoms with Crippen molar-refractivity contribution >= 4 is 23.5 Å². The lowest BCUT2D eigenvalue weighted by molar-refractivity contribution is -0.146. The maximum absolute atomic E-state index is 12.5. The predicted octanol–water partition coefficient (Wildman–Crippen LogP) is 3.64. The van der Waals surface area contributed by atoms with Crippen molar-refractivity contribution in [1.82, 2.24) is 4.90 Å². The van der Waals surface area contributed by atoms with Crippen LogP contribution in [0.25, 0.3) is 0 Å². The Morgan fingerprint density at radius 3 is 2.46 bits per heavy atom. The van der Waals surface area contributed by atoms with Crippen molar-refractivity contribution in [2.24, 2.45) is 0 Å². The Hall–Kier alpha value is -3.15. The number of anilines is 1. The number of likely N-dealkylation sites (tertiary alicyclic amines) is 1. The van der Waals surface area contributed by atoms with Crippen LogP contribution in [0, 0.1) is 0 Å². The highest BCUT2D eigenvalue weighted by Gasteiger charge is 2.34. The minimum absolute atomic E-state index is 0.000854. The number of nitrogens with zero attached hydrogens (tertiary/aromatic N) is 1. The molecule has 1 heterocycles. The van der Waals surface area contributed by atoms with Crippen molar-refractivity contribution in [2.45, 2.75) is 38.6 Å². The molecule has 0 bridgehead atoms. The Kier molecular flexibility index (Phi) is 6.42. The van der Waals surface area contributed by atoms with Gasteiger partial charge in [-0.2, -0.15) is 0 Å². The van der Waals surface area contributed by atoms with E-state index in [1.165, 1.54) is 0 Å². The summed E-state index contributed by atoms with van der Waals surface area (Å²) in [5, 5.41) is 2.80. The molecule has 6 heteroatoms. The first-order valence-electron chi connectivity index (χ1n) is 9.56. The fourth-order valence-electron chi connectivity index (χ4n) is 3.25. The van der Waals surface area contributed by atoms with E-state index in [-0.39, 0.29) is 11.8 Å². The first-order valence-corrected chi connectivity index (χ1v) is 9.56. The average molecular weight is 380 g/mol. The number of ether oxygens (including phenoxy) is 1. The van der Waals surface area contributed by atoms with Crippen molar-refractivity contribution in [1.29, 1.82) is 0 Å². The predicted molar refractivity (Wildman–Crippen MR) is 106 cm³/mol. The van der Waals surface area contributed by atoms with Crippen LogP contribution in [0.15, 0.2) is 54.6 Å². The van der Waals surface area contributed by atoms with E-state index in [0.29, 0.717) is 36.4 Å². The van der Waals surface area contributed by atoms with E-state index in [1.807, 2.05) is 13.0 Å². The average Bonchev–Trinajstić information content (AvgIpc) is 3.20. The van der Waals surface area contributed by atoms with Crippen LogP contribution in [0.2, 0.25) is 0 Å². The van der Waals surface area contributed by atoms with Crippen LogP contribution in [-0.4, -0.2) is 35.3 Å². The van der Waals surface area contributed by atoms with Crippen LogP contribution in [-0.2, 0) is 9.59 Å². The van der Waals surface area contributed by atoms with Crippen molar-refractivity contribution in [3.63, 3.8) is 0 Å². The first-order chi connectivity index (χ1) is 13.6. The van der Waals surface area contributed by atoms with Crippen LogP contribution < -0.4 is 10.1 Å². The monoisotopic (exact) mass is 380 g/mol. The normalized spacial score (nSPS) is 15.9. The zero-order chi connectivity index (χ0) is 19.9. The number of amides is 2. The van der Waals surface area contributed by atoms with Gasteiger partial charge in [0.15, 0.2) is 0 Å². The molecule has 6 nitrogen and oxygen atoms in total. The summed E-state index contributed by atoms with van der Waals surface area (Å²) in [5.74, 6) is -0.233. The van der Waals surface area contributed by atoms with Crippen LogP contribution in [0.3, 0.4) is 0 Å². The smallest absolute Gasteiger partial charge is 0.334 e. The fourth-order valence-corrected chi connectivity index (χ4v) is 3.25. The van der Waals surface area contributed by atoms with E-state index in [1.54, 1.807) is 53.4 Å². The van der Waals surface area contributed by atoms with Gasteiger partial charge in [-0.05, 0) is 55.7 Å². The van der Waals surface area contributed by atoms with E-state index in [0.717, 1.165) is 12.8 Å². The van der Waals surface area contributed by atoms with Gasteiger partial charge in [0, 0.05) is 24.2 Å². The summed E-state index contributed by atoms with van der Waals surface area (Å²) in [6.45, 7) is 2.54. The number of carbonyl (C=O) groups excluding carboxylic acids is 3. The minimum atomic E-state index is -0.517. The molecular weight excluding hydrogens is 356 g/mol. The SMILES string of the molecule is CCCC(=O)N1CCCC1C(=O)Oc1ccc(NC(=O)c2ccccc2)cc1. The molecule has 28 heavy (non-hydrogen) atoms. The Labute approximate surface area is 164 Å². The lowest BCUT2D eigenvalue weighted by Gasteiger charge is -2.23. The molecular formula is C22H24N2O4. The molecule has 3 rings (SSSR count). The lowest BCUT2D eigenvalue weighted by atomic mass is 10.2. The summed E-state index contributed by atoms with van der Waals surface area (Å²) < 4.78 is 5.46. The van der Waals surface area contributed by atoms with Gasteiger partial charge in [-0.15, -0.1) is 0 Å². The molecule has 2 amide bonds. The third-order valence-electron chi connectivity index (χ3n) is 4.68. The molecule has 2 aromatic rings. The first kappa shape index (κ1) is 19.6. The highest BCUT2D eigenvalue weighted by molar-refractivity contribution is 6.04. The Balaban J connectivity index is 1.58. The van der Waals surface area contributed by atoms with Gasteiger partial charge in [0.1, 0.15) is 11.8 Å². The Morgan fingerprint density at radius 1 is 1.07 bits per heavy atom. The van der Waals surface area contributed by atoms with Gasteiger partial charge in [-0.3, -0.25) is 9.59 Å². The topological polar surface area (TPSA) is 75.7 Å². The minimum Gasteiger partial charge on any atom is -0.425 e. The molecule has 1 aliphatic rings.